The summed E-state index contributed by atoms with van der Waals surface area (Å²) in [5.74, 6) is 1.30. The van der Waals surface area contributed by atoms with Crippen LogP contribution in [0.1, 0.15) is 21.6 Å². The van der Waals surface area contributed by atoms with Gasteiger partial charge in [0.2, 0.25) is 0 Å². The lowest BCUT2D eigenvalue weighted by atomic mass is 10.1. The molecule has 1 aromatic carbocycles. The smallest absolute Gasteiger partial charge is 0.251 e. The number of carbonyl (C=O) groups is 1. The topological polar surface area (TPSA) is 84.7 Å². The molecule has 2 aromatic heterocycles. The zero-order valence-corrected chi connectivity index (χ0v) is 14.2. The van der Waals surface area contributed by atoms with Crippen LogP contribution in [0.2, 0.25) is 0 Å². The number of aromatic nitrogens is 4. The van der Waals surface area contributed by atoms with Gasteiger partial charge < -0.3 is 10.6 Å². The Balaban J connectivity index is 1.56. The van der Waals surface area contributed by atoms with Gasteiger partial charge in [0.15, 0.2) is 5.82 Å². The van der Waals surface area contributed by atoms with Gasteiger partial charge in [-0.1, -0.05) is 12.1 Å². The number of anilines is 1. The van der Waals surface area contributed by atoms with Gasteiger partial charge in [0.25, 0.3) is 5.91 Å². The van der Waals surface area contributed by atoms with Crippen molar-refractivity contribution in [3.05, 3.63) is 65.5 Å². The lowest BCUT2D eigenvalue weighted by Crippen LogP contribution is -2.18. The molecule has 3 aromatic rings. The van der Waals surface area contributed by atoms with Crippen LogP contribution in [0.15, 0.2) is 48.7 Å². The summed E-state index contributed by atoms with van der Waals surface area (Å²) in [4.78, 5) is 11.7. The van der Waals surface area contributed by atoms with Crippen molar-refractivity contribution in [3.8, 4) is 5.82 Å². The number of hydrogen-bond acceptors (Lipinski definition) is 5. The molecule has 0 spiro atoms. The van der Waals surface area contributed by atoms with E-state index in [2.05, 4.69) is 25.9 Å². The minimum atomic E-state index is -0.0786. The summed E-state index contributed by atoms with van der Waals surface area (Å²) < 4.78 is 1.69. The average molecular weight is 336 g/mol. The first-order valence-electron chi connectivity index (χ1n) is 8.07. The Morgan fingerprint density at radius 1 is 1.16 bits per heavy atom. The van der Waals surface area contributed by atoms with Gasteiger partial charge in [0, 0.05) is 25.4 Å². The normalized spacial score (nSPS) is 10.5. The van der Waals surface area contributed by atoms with E-state index in [4.69, 9.17) is 0 Å². The maximum absolute atomic E-state index is 11.7. The zero-order valence-electron chi connectivity index (χ0n) is 14.2. The van der Waals surface area contributed by atoms with Gasteiger partial charge >= 0.3 is 0 Å². The van der Waals surface area contributed by atoms with Crippen LogP contribution in [-0.2, 0) is 6.42 Å². The predicted molar refractivity (Wildman–Crippen MR) is 95.9 cm³/mol. The van der Waals surface area contributed by atoms with Gasteiger partial charge in [0.1, 0.15) is 5.82 Å². The Morgan fingerprint density at radius 2 is 2.04 bits per heavy atom. The molecule has 7 nitrogen and oxygen atoms in total. The first-order chi connectivity index (χ1) is 12.2. The fourth-order valence-electron chi connectivity index (χ4n) is 2.43. The number of nitrogens with zero attached hydrogens (tertiary/aromatic N) is 4. The van der Waals surface area contributed by atoms with E-state index in [1.54, 1.807) is 17.8 Å². The van der Waals surface area contributed by atoms with Gasteiger partial charge in [-0.05, 0) is 49.2 Å². The Labute approximate surface area is 146 Å². The van der Waals surface area contributed by atoms with E-state index < -0.39 is 0 Å². The lowest BCUT2D eigenvalue weighted by Gasteiger charge is -2.07. The van der Waals surface area contributed by atoms with Crippen molar-refractivity contribution in [2.24, 2.45) is 0 Å². The molecule has 0 bridgehead atoms. The summed E-state index contributed by atoms with van der Waals surface area (Å²) in [6.45, 7) is 2.63. The molecule has 7 heteroatoms. The molecule has 128 valence electrons. The second-order valence-corrected chi connectivity index (χ2v) is 5.63. The van der Waals surface area contributed by atoms with Crippen LogP contribution in [0.4, 0.5) is 5.82 Å². The molecule has 2 N–H and O–H groups in total. The monoisotopic (exact) mass is 336 g/mol. The number of aryl methyl sites for hydroxylation is 1. The van der Waals surface area contributed by atoms with Gasteiger partial charge in [-0.2, -0.15) is 5.10 Å². The van der Waals surface area contributed by atoms with Crippen LogP contribution in [0.5, 0.6) is 0 Å². The van der Waals surface area contributed by atoms with E-state index in [0.29, 0.717) is 23.7 Å². The first-order valence-corrected chi connectivity index (χ1v) is 8.07. The van der Waals surface area contributed by atoms with Crippen LogP contribution in [-0.4, -0.2) is 39.5 Å². The summed E-state index contributed by atoms with van der Waals surface area (Å²) in [5, 5.41) is 18.5. The van der Waals surface area contributed by atoms with Crippen molar-refractivity contribution in [2.75, 3.05) is 18.9 Å². The molecule has 0 saturated heterocycles. The molecule has 0 aliphatic rings. The average Bonchev–Trinajstić information content (AvgIpc) is 3.08. The highest BCUT2D eigenvalue weighted by Gasteiger charge is 2.04. The fraction of sp³-hybridized carbons (Fsp3) is 0.222. The van der Waals surface area contributed by atoms with Crippen LogP contribution in [0.25, 0.3) is 5.82 Å². The summed E-state index contributed by atoms with van der Waals surface area (Å²) >= 11 is 0. The summed E-state index contributed by atoms with van der Waals surface area (Å²) in [7, 11) is 1.63. The van der Waals surface area contributed by atoms with Crippen LogP contribution >= 0.6 is 0 Å². The molecule has 25 heavy (non-hydrogen) atoms. The molecule has 0 unspecified atom stereocenters. The third-order valence-corrected chi connectivity index (χ3v) is 3.74. The predicted octanol–water partition coefficient (Wildman–Crippen LogP) is 1.98. The second-order valence-electron chi connectivity index (χ2n) is 5.63. The molecule has 2 heterocycles. The van der Waals surface area contributed by atoms with Gasteiger partial charge in [-0.25, -0.2) is 4.68 Å². The minimum absolute atomic E-state index is 0.0786. The van der Waals surface area contributed by atoms with E-state index in [0.717, 1.165) is 17.7 Å². The summed E-state index contributed by atoms with van der Waals surface area (Å²) in [6, 6.07) is 13.3. The van der Waals surface area contributed by atoms with Crippen molar-refractivity contribution < 1.29 is 4.79 Å². The maximum Gasteiger partial charge on any atom is 0.251 e. The van der Waals surface area contributed by atoms with E-state index in [9.17, 15) is 4.79 Å². The van der Waals surface area contributed by atoms with Gasteiger partial charge in [-0.15, -0.1) is 10.2 Å². The molecule has 0 radical (unpaired) electrons. The van der Waals surface area contributed by atoms with E-state index >= 15 is 0 Å². The van der Waals surface area contributed by atoms with E-state index in [1.807, 2.05) is 49.5 Å². The molecule has 0 aliphatic carbocycles. The highest BCUT2D eigenvalue weighted by atomic mass is 16.1. The highest BCUT2D eigenvalue weighted by Crippen LogP contribution is 2.09. The van der Waals surface area contributed by atoms with Gasteiger partial charge in [-0.3, -0.25) is 4.79 Å². The quantitative estimate of drug-likeness (QED) is 0.719. The molecular formula is C18H20N6O. The van der Waals surface area contributed by atoms with Crippen molar-refractivity contribution >= 4 is 11.7 Å². The number of nitrogens with one attached hydrogen (secondary N) is 2. The number of hydrogen-bond donors (Lipinski definition) is 2. The van der Waals surface area contributed by atoms with Crippen molar-refractivity contribution in [2.45, 2.75) is 13.3 Å². The molecular weight excluding hydrogens is 316 g/mol. The number of amides is 1. The molecule has 0 aliphatic heterocycles. The third kappa shape index (κ3) is 4.20. The molecule has 1 amide bonds. The van der Waals surface area contributed by atoms with Crippen molar-refractivity contribution in [1.29, 1.82) is 0 Å². The molecule has 0 saturated carbocycles. The Kier molecular flexibility index (Phi) is 5.03. The number of benzene rings is 1. The molecule has 0 atom stereocenters. The summed E-state index contributed by atoms with van der Waals surface area (Å²) in [6.07, 6.45) is 2.64. The van der Waals surface area contributed by atoms with Crippen molar-refractivity contribution in [1.82, 2.24) is 25.3 Å². The first kappa shape index (κ1) is 16.6. The van der Waals surface area contributed by atoms with E-state index in [-0.39, 0.29) is 5.91 Å². The minimum Gasteiger partial charge on any atom is -0.368 e. The molecule has 3 rings (SSSR count). The van der Waals surface area contributed by atoms with Crippen LogP contribution in [0, 0.1) is 6.92 Å². The van der Waals surface area contributed by atoms with E-state index in [1.165, 1.54) is 0 Å². The Bertz CT molecular complexity index is 856. The SMILES string of the molecule is CNC(=O)c1cccc(CCNc2ccc(-n3ccc(C)n3)nn2)c1. The second kappa shape index (κ2) is 7.57. The Morgan fingerprint density at radius 3 is 2.72 bits per heavy atom. The third-order valence-electron chi connectivity index (χ3n) is 3.74. The van der Waals surface area contributed by atoms with Crippen LogP contribution < -0.4 is 10.6 Å². The Hall–Kier alpha value is -3.22. The summed E-state index contributed by atoms with van der Waals surface area (Å²) in [5.41, 5.74) is 2.69. The number of rotatable bonds is 6. The standard InChI is InChI=1S/C18H20N6O/c1-13-9-11-24(23-13)17-7-6-16(21-22-17)20-10-8-14-4-3-5-15(12-14)18(25)19-2/h3-7,9,11-12H,8,10H2,1-2H3,(H,19,25)(H,20,21). The largest absolute Gasteiger partial charge is 0.368 e. The lowest BCUT2D eigenvalue weighted by molar-refractivity contribution is 0.0963. The van der Waals surface area contributed by atoms with Gasteiger partial charge in [0.05, 0.1) is 5.69 Å². The highest BCUT2D eigenvalue weighted by molar-refractivity contribution is 5.94. The molecule has 0 fully saturated rings. The van der Waals surface area contributed by atoms with Crippen molar-refractivity contribution in [3.63, 3.8) is 0 Å². The number of carbonyl (C=O) groups excluding carboxylic acids is 1. The fourth-order valence-corrected chi connectivity index (χ4v) is 2.43. The van der Waals surface area contributed by atoms with Crippen LogP contribution in [0.3, 0.4) is 0 Å². The maximum atomic E-state index is 11.7. The zero-order chi connectivity index (χ0) is 17.6.